The van der Waals surface area contributed by atoms with Crippen LogP contribution >= 0.6 is 12.4 Å². The molecule has 0 aromatic heterocycles. The minimum absolute atomic E-state index is 0. The topological polar surface area (TPSA) is 72.6 Å². The fourth-order valence-corrected chi connectivity index (χ4v) is 2.27. The third-order valence-electron chi connectivity index (χ3n) is 3.09. The third-order valence-corrected chi connectivity index (χ3v) is 3.09. The summed E-state index contributed by atoms with van der Waals surface area (Å²) in [6, 6.07) is 0.279. The van der Waals surface area contributed by atoms with Crippen LogP contribution in [0.15, 0.2) is 0 Å². The van der Waals surface area contributed by atoms with E-state index >= 15 is 0 Å². The van der Waals surface area contributed by atoms with Gasteiger partial charge in [0.25, 0.3) is 11.8 Å². The molecule has 16 heavy (non-hydrogen) atoms. The number of rotatable bonds is 1. The van der Waals surface area contributed by atoms with Crippen LogP contribution in [0.25, 0.3) is 0 Å². The van der Waals surface area contributed by atoms with Crippen molar-refractivity contribution in [3.8, 4) is 0 Å². The summed E-state index contributed by atoms with van der Waals surface area (Å²) >= 11 is 0. The molecule has 2 N–H and O–H groups in total. The van der Waals surface area contributed by atoms with Crippen molar-refractivity contribution in [1.82, 2.24) is 4.90 Å². The van der Waals surface area contributed by atoms with E-state index in [4.69, 9.17) is 10.5 Å². The first kappa shape index (κ1) is 13.4. The standard InChI is InChI=1S/C10H16N2O3.ClH/c11-7-1-3-8(4-2-7)12-9(13)5-15-6-10(12)14;/h7-8H,1-6,11H2;1H. The van der Waals surface area contributed by atoms with Crippen LogP contribution in [-0.2, 0) is 14.3 Å². The van der Waals surface area contributed by atoms with Crippen molar-refractivity contribution in [2.75, 3.05) is 13.2 Å². The predicted molar refractivity (Wildman–Crippen MR) is 60.2 cm³/mol. The highest BCUT2D eigenvalue weighted by Crippen LogP contribution is 2.23. The Hall–Kier alpha value is -0.650. The van der Waals surface area contributed by atoms with E-state index in [9.17, 15) is 9.59 Å². The molecular formula is C10H17ClN2O3. The normalized spacial score (nSPS) is 31.2. The molecule has 5 nitrogen and oxygen atoms in total. The molecule has 0 unspecified atom stereocenters. The van der Waals surface area contributed by atoms with E-state index in [1.807, 2.05) is 0 Å². The zero-order chi connectivity index (χ0) is 10.8. The number of hydrogen-bond donors (Lipinski definition) is 1. The quantitative estimate of drug-likeness (QED) is 0.667. The Bertz CT molecular complexity index is 261. The van der Waals surface area contributed by atoms with Crippen molar-refractivity contribution in [3.05, 3.63) is 0 Å². The fraction of sp³-hybridized carbons (Fsp3) is 0.800. The Morgan fingerprint density at radius 1 is 1.06 bits per heavy atom. The molecule has 6 heteroatoms. The molecule has 2 fully saturated rings. The van der Waals surface area contributed by atoms with Gasteiger partial charge in [0.05, 0.1) is 0 Å². The molecule has 0 radical (unpaired) electrons. The summed E-state index contributed by atoms with van der Waals surface area (Å²) in [5.41, 5.74) is 5.78. The molecule has 92 valence electrons. The predicted octanol–water partition coefficient (Wildman–Crippen LogP) is 0.0635. The third kappa shape index (κ3) is 2.72. The van der Waals surface area contributed by atoms with Gasteiger partial charge in [-0.25, -0.2) is 0 Å². The number of amides is 2. The van der Waals surface area contributed by atoms with Gasteiger partial charge in [-0.1, -0.05) is 0 Å². The number of hydrogen-bond acceptors (Lipinski definition) is 4. The molecule has 0 spiro atoms. The first-order chi connectivity index (χ1) is 7.18. The van der Waals surface area contributed by atoms with Crippen LogP contribution in [0.2, 0.25) is 0 Å². The number of halogens is 1. The largest absolute Gasteiger partial charge is 0.362 e. The van der Waals surface area contributed by atoms with Gasteiger partial charge < -0.3 is 10.5 Å². The highest BCUT2D eigenvalue weighted by atomic mass is 35.5. The van der Waals surface area contributed by atoms with Gasteiger partial charge in [0.1, 0.15) is 13.2 Å². The first-order valence-corrected chi connectivity index (χ1v) is 5.36. The second-order valence-corrected chi connectivity index (χ2v) is 4.22. The average Bonchev–Trinajstić information content (AvgIpc) is 2.20. The summed E-state index contributed by atoms with van der Waals surface area (Å²) in [5.74, 6) is -0.404. The van der Waals surface area contributed by atoms with Crippen LogP contribution in [0, 0.1) is 0 Å². The summed E-state index contributed by atoms with van der Waals surface area (Å²) in [6.45, 7) is 0.0720. The second-order valence-electron chi connectivity index (χ2n) is 4.22. The van der Waals surface area contributed by atoms with Crippen LogP contribution in [0.3, 0.4) is 0 Å². The lowest BCUT2D eigenvalue weighted by atomic mass is 9.90. The number of nitrogens with two attached hydrogens (primary N) is 1. The molecule has 1 saturated carbocycles. The maximum absolute atomic E-state index is 11.5. The van der Waals surface area contributed by atoms with E-state index in [1.165, 1.54) is 4.90 Å². The number of carbonyl (C=O) groups is 2. The summed E-state index contributed by atoms with van der Waals surface area (Å²) in [4.78, 5) is 24.5. The van der Waals surface area contributed by atoms with Gasteiger partial charge in [-0.2, -0.15) is 0 Å². The zero-order valence-electron chi connectivity index (χ0n) is 9.05. The molecule has 1 aliphatic carbocycles. The molecule has 0 bridgehead atoms. The van der Waals surface area contributed by atoms with E-state index in [2.05, 4.69) is 0 Å². The molecule has 1 heterocycles. The van der Waals surface area contributed by atoms with E-state index < -0.39 is 0 Å². The lowest BCUT2D eigenvalue weighted by molar-refractivity contribution is -0.162. The van der Waals surface area contributed by atoms with Gasteiger partial charge in [-0.3, -0.25) is 14.5 Å². The number of ether oxygens (including phenoxy) is 1. The monoisotopic (exact) mass is 248 g/mol. The van der Waals surface area contributed by atoms with Gasteiger partial charge in [-0.05, 0) is 25.7 Å². The molecule has 1 saturated heterocycles. The average molecular weight is 249 g/mol. The summed E-state index contributed by atoms with van der Waals surface area (Å²) in [6.07, 6.45) is 3.45. The number of nitrogens with zero attached hydrogens (tertiary/aromatic N) is 1. The molecule has 0 aromatic carbocycles. The highest BCUT2D eigenvalue weighted by molar-refractivity contribution is 5.98. The van der Waals surface area contributed by atoms with Crippen LogP contribution in [0.1, 0.15) is 25.7 Å². The summed E-state index contributed by atoms with van der Waals surface area (Å²) in [7, 11) is 0. The number of morpholine rings is 1. The molecule has 1 aliphatic heterocycles. The van der Waals surface area contributed by atoms with Crippen LogP contribution in [0.5, 0.6) is 0 Å². The van der Waals surface area contributed by atoms with E-state index in [-0.39, 0.29) is 49.5 Å². The minimum atomic E-state index is -0.202. The van der Waals surface area contributed by atoms with Crippen molar-refractivity contribution in [3.63, 3.8) is 0 Å². The molecule has 2 aliphatic rings. The Morgan fingerprint density at radius 2 is 1.56 bits per heavy atom. The Kier molecular flexibility index (Phi) is 4.70. The highest BCUT2D eigenvalue weighted by Gasteiger charge is 2.34. The maximum Gasteiger partial charge on any atom is 0.255 e. The lowest BCUT2D eigenvalue weighted by Crippen LogP contribution is -2.53. The lowest BCUT2D eigenvalue weighted by Gasteiger charge is -2.36. The maximum atomic E-state index is 11.5. The molecule has 0 aromatic rings. The van der Waals surface area contributed by atoms with Gasteiger partial charge in [0.2, 0.25) is 0 Å². The zero-order valence-corrected chi connectivity index (χ0v) is 9.87. The SMILES string of the molecule is Cl.NC1CCC(N2C(=O)COCC2=O)CC1. The Balaban J connectivity index is 0.00000128. The van der Waals surface area contributed by atoms with Crippen molar-refractivity contribution >= 4 is 24.2 Å². The molecule has 0 atom stereocenters. The van der Waals surface area contributed by atoms with Gasteiger partial charge in [0.15, 0.2) is 0 Å². The summed E-state index contributed by atoms with van der Waals surface area (Å²) in [5, 5.41) is 0. The van der Waals surface area contributed by atoms with Crippen LogP contribution < -0.4 is 5.73 Å². The fourth-order valence-electron chi connectivity index (χ4n) is 2.27. The molecule has 2 rings (SSSR count). The van der Waals surface area contributed by atoms with E-state index in [0.29, 0.717) is 0 Å². The number of imide groups is 1. The van der Waals surface area contributed by atoms with Gasteiger partial charge in [-0.15, -0.1) is 12.4 Å². The van der Waals surface area contributed by atoms with Crippen molar-refractivity contribution in [2.45, 2.75) is 37.8 Å². The van der Waals surface area contributed by atoms with Crippen LogP contribution in [-0.4, -0.2) is 42.0 Å². The first-order valence-electron chi connectivity index (χ1n) is 5.36. The Morgan fingerprint density at radius 3 is 2.06 bits per heavy atom. The molecular weight excluding hydrogens is 232 g/mol. The van der Waals surface area contributed by atoms with E-state index in [1.54, 1.807) is 0 Å². The van der Waals surface area contributed by atoms with E-state index in [0.717, 1.165) is 25.7 Å². The van der Waals surface area contributed by atoms with Gasteiger partial charge in [0, 0.05) is 12.1 Å². The van der Waals surface area contributed by atoms with Crippen molar-refractivity contribution in [2.24, 2.45) is 5.73 Å². The molecule has 2 amide bonds. The Labute approximate surface area is 101 Å². The van der Waals surface area contributed by atoms with Crippen molar-refractivity contribution < 1.29 is 14.3 Å². The smallest absolute Gasteiger partial charge is 0.255 e. The second kappa shape index (κ2) is 5.61. The van der Waals surface area contributed by atoms with Gasteiger partial charge >= 0.3 is 0 Å². The van der Waals surface area contributed by atoms with Crippen molar-refractivity contribution in [1.29, 1.82) is 0 Å². The summed E-state index contributed by atoms with van der Waals surface area (Å²) < 4.78 is 4.87. The number of carbonyl (C=O) groups excluding carboxylic acids is 2. The van der Waals surface area contributed by atoms with Crippen LogP contribution in [0.4, 0.5) is 0 Å². The minimum Gasteiger partial charge on any atom is -0.362 e.